The summed E-state index contributed by atoms with van der Waals surface area (Å²) in [6.07, 6.45) is 4.35. The van der Waals surface area contributed by atoms with Crippen molar-refractivity contribution >= 4 is 10.0 Å². The Morgan fingerprint density at radius 2 is 2.00 bits per heavy atom. The smallest absolute Gasteiger partial charge is 0.242 e. The van der Waals surface area contributed by atoms with Gasteiger partial charge in [-0.2, -0.15) is 0 Å². The lowest BCUT2D eigenvalue weighted by Gasteiger charge is -2.05. The molecule has 0 aromatic carbocycles. The van der Waals surface area contributed by atoms with Crippen molar-refractivity contribution in [2.75, 3.05) is 26.3 Å². The van der Waals surface area contributed by atoms with Crippen LogP contribution in [0.25, 0.3) is 0 Å². The van der Waals surface area contributed by atoms with Gasteiger partial charge in [0, 0.05) is 38.2 Å². The summed E-state index contributed by atoms with van der Waals surface area (Å²) >= 11 is 0. The molecule has 1 heterocycles. The molecule has 0 aliphatic heterocycles. The predicted octanol–water partition coefficient (Wildman–Crippen LogP) is 1.61. The third-order valence-corrected chi connectivity index (χ3v) is 4.43. The number of sulfonamides is 1. The maximum absolute atomic E-state index is 12.1. The molecule has 0 saturated carbocycles. The lowest BCUT2D eigenvalue weighted by Crippen LogP contribution is -2.25. The van der Waals surface area contributed by atoms with Gasteiger partial charge in [-0.05, 0) is 25.5 Å². The SMILES string of the molecule is CCCCOCCCNS(=O)(=O)c1c[nH]c(CNCC)c1. The molecule has 0 amide bonds. The zero-order valence-electron chi connectivity index (χ0n) is 12.9. The van der Waals surface area contributed by atoms with E-state index in [0.29, 0.717) is 26.1 Å². The van der Waals surface area contributed by atoms with Crippen LogP contribution in [0.5, 0.6) is 0 Å². The molecule has 122 valence electrons. The van der Waals surface area contributed by atoms with Crippen molar-refractivity contribution in [3.05, 3.63) is 18.0 Å². The third-order valence-electron chi connectivity index (χ3n) is 2.99. The van der Waals surface area contributed by atoms with Gasteiger partial charge >= 0.3 is 0 Å². The number of H-pyrrole nitrogens is 1. The number of aromatic nitrogens is 1. The minimum Gasteiger partial charge on any atom is -0.381 e. The number of ether oxygens (including phenoxy) is 1. The number of aromatic amines is 1. The highest BCUT2D eigenvalue weighted by Crippen LogP contribution is 2.10. The van der Waals surface area contributed by atoms with E-state index in [-0.39, 0.29) is 4.90 Å². The molecule has 0 saturated heterocycles. The molecule has 6 nitrogen and oxygen atoms in total. The standard InChI is InChI=1S/C14H27N3O3S/c1-3-5-8-20-9-6-7-17-21(18,19)14-10-13(16-12-14)11-15-4-2/h10,12,15-17H,3-9,11H2,1-2H3. The first-order chi connectivity index (χ1) is 10.1. The van der Waals surface area contributed by atoms with E-state index in [4.69, 9.17) is 4.74 Å². The third kappa shape index (κ3) is 7.08. The summed E-state index contributed by atoms with van der Waals surface area (Å²) in [5, 5.41) is 3.14. The molecule has 7 heteroatoms. The van der Waals surface area contributed by atoms with Crippen molar-refractivity contribution < 1.29 is 13.2 Å². The van der Waals surface area contributed by atoms with E-state index in [1.165, 1.54) is 6.20 Å². The Morgan fingerprint density at radius 3 is 2.71 bits per heavy atom. The zero-order chi connectivity index (χ0) is 15.6. The van der Waals surface area contributed by atoms with Gasteiger partial charge in [0.25, 0.3) is 0 Å². The van der Waals surface area contributed by atoms with E-state index in [9.17, 15) is 8.42 Å². The maximum Gasteiger partial charge on any atom is 0.242 e. The molecule has 3 N–H and O–H groups in total. The van der Waals surface area contributed by atoms with Crippen molar-refractivity contribution in [3.8, 4) is 0 Å². The summed E-state index contributed by atoms with van der Waals surface area (Å²) in [5.41, 5.74) is 0.861. The molecule has 1 aromatic rings. The van der Waals surface area contributed by atoms with Gasteiger partial charge in [0.1, 0.15) is 0 Å². The number of unbranched alkanes of at least 4 members (excludes halogenated alkanes) is 1. The predicted molar refractivity (Wildman–Crippen MR) is 83.7 cm³/mol. The van der Waals surface area contributed by atoms with E-state index in [0.717, 1.165) is 31.7 Å². The summed E-state index contributed by atoms with van der Waals surface area (Å²) in [4.78, 5) is 3.24. The first-order valence-corrected chi connectivity index (χ1v) is 9.04. The summed E-state index contributed by atoms with van der Waals surface area (Å²) in [6.45, 7) is 7.32. The lowest BCUT2D eigenvalue weighted by molar-refractivity contribution is 0.130. The summed E-state index contributed by atoms with van der Waals surface area (Å²) in [5.74, 6) is 0. The zero-order valence-corrected chi connectivity index (χ0v) is 13.8. The maximum atomic E-state index is 12.1. The highest BCUT2D eigenvalue weighted by molar-refractivity contribution is 7.89. The molecule has 0 fully saturated rings. The summed E-state index contributed by atoms with van der Waals surface area (Å²) in [7, 11) is -3.43. The molecule has 0 radical (unpaired) electrons. The Hall–Kier alpha value is -0.890. The molecular weight excluding hydrogens is 290 g/mol. The molecule has 0 unspecified atom stereocenters. The van der Waals surface area contributed by atoms with Crippen molar-refractivity contribution in [1.29, 1.82) is 0 Å². The van der Waals surface area contributed by atoms with Crippen LogP contribution in [0.2, 0.25) is 0 Å². The highest BCUT2D eigenvalue weighted by Gasteiger charge is 2.15. The Kier molecular flexibility index (Phi) is 8.60. The second kappa shape index (κ2) is 9.94. The van der Waals surface area contributed by atoms with Crippen LogP contribution in [0.3, 0.4) is 0 Å². The quantitative estimate of drug-likeness (QED) is 0.511. The topological polar surface area (TPSA) is 83.2 Å². The normalized spacial score (nSPS) is 11.9. The molecule has 0 spiro atoms. The van der Waals surface area contributed by atoms with Crippen LogP contribution in [-0.4, -0.2) is 39.7 Å². The van der Waals surface area contributed by atoms with E-state index in [1.807, 2.05) is 6.92 Å². The minimum absolute atomic E-state index is 0.280. The average Bonchev–Trinajstić information content (AvgIpc) is 2.94. The van der Waals surface area contributed by atoms with Gasteiger partial charge < -0.3 is 15.0 Å². The van der Waals surface area contributed by atoms with Gasteiger partial charge in [-0.3, -0.25) is 0 Å². The van der Waals surface area contributed by atoms with E-state index in [2.05, 4.69) is 21.9 Å². The van der Waals surface area contributed by atoms with Crippen LogP contribution in [0, 0.1) is 0 Å². The van der Waals surface area contributed by atoms with E-state index < -0.39 is 10.0 Å². The van der Waals surface area contributed by atoms with Crippen molar-refractivity contribution in [2.45, 2.75) is 44.6 Å². The summed E-state index contributed by atoms with van der Waals surface area (Å²) < 4.78 is 32.1. The van der Waals surface area contributed by atoms with Crippen molar-refractivity contribution in [3.63, 3.8) is 0 Å². The molecule has 1 rings (SSSR count). The summed E-state index contributed by atoms with van der Waals surface area (Å²) in [6, 6.07) is 1.66. The largest absolute Gasteiger partial charge is 0.381 e. The number of hydrogen-bond donors (Lipinski definition) is 3. The Labute approximate surface area is 127 Å². The monoisotopic (exact) mass is 317 g/mol. The molecule has 21 heavy (non-hydrogen) atoms. The van der Waals surface area contributed by atoms with Crippen LogP contribution in [0.1, 0.15) is 38.8 Å². The van der Waals surface area contributed by atoms with Crippen LogP contribution < -0.4 is 10.0 Å². The molecule has 0 atom stereocenters. The molecule has 1 aromatic heterocycles. The van der Waals surface area contributed by atoms with Gasteiger partial charge in [-0.15, -0.1) is 0 Å². The second-order valence-corrected chi connectivity index (χ2v) is 6.63. The van der Waals surface area contributed by atoms with Crippen molar-refractivity contribution in [2.24, 2.45) is 0 Å². The van der Waals surface area contributed by atoms with E-state index in [1.54, 1.807) is 6.07 Å². The van der Waals surface area contributed by atoms with Crippen LogP contribution >= 0.6 is 0 Å². The van der Waals surface area contributed by atoms with Gasteiger partial charge in [0.2, 0.25) is 10.0 Å². The van der Waals surface area contributed by atoms with Crippen LogP contribution in [0.4, 0.5) is 0 Å². The minimum atomic E-state index is -3.43. The van der Waals surface area contributed by atoms with Gasteiger partial charge in [-0.1, -0.05) is 20.3 Å². The highest BCUT2D eigenvalue weighted by atomic mass is 32.2. The van der Waals surface area contributed by atoms with Crippen molar-refractivity contribution in [1.82, 2.24) is 15.0 Å². The number of hydrogen-bond acceptors (Lipinski definition) is 4. The fourth-order valence-corrected chi connectivity index (χ4v) is 2.84. The van der Waals surface area contributed by atoms with E-state index >= 15 is 0 Å². The van der Waals surface area contributed by atoms with Crippen LogP contribution in [-0.2, 0) is 21.3 Å². The number of rotatable bonds is 12. The molecule has 0 aliphatic rings. The van der Waals surface area contributed by atoms with Gasteiger partial charge in [-0.25, -0.2) is 13.1 Å². The lowest BCUT2D eigenvalue weighted by atomic mass is 10.4. The van der Waals surface area contributed by atoms with Gasteiger partial charge in [0.05, 0.1) is 4.90 Å². The van der Waals surface area contributed by atoms with Crippen LogP contribution in [0.15, 0.2) is 17.2 Å². The first kappa shape index (κ1) is 18.2. The number of nitrogens with one attached hydrogen (secondary N) is 3. The average molecular weight is 317 g/mol. The first-order valence-electron chi connectivity index (χ1n) is 7.55. The Morgan fingerprint density at radius 1 is 1.24 bits per heavy atom. The molecular formula is C14H27N3O3S. The fourth-order valence-electron chi connectivity index (χ4n) is 1.75. The Balaban J connectivity index is 2.31. The fraction of sp³-hybridized carbons (Fsp3) is 0.714. The van der Waals surface area contributed by atoms with Gasteiger partial charge in [0.15, 0.2) is 0 Å². The second-order valence-electron chi connectivity index (χ2n) is 4.86. The molecule has 0 bridgehead atoms. The molecule has 0 aliphatic carbocycles. The Bertz CT molecular complexity index is 485.